The van der Waals surface area contributed by atoms with Crippen LogP contribution in [0.2, 0.25) is 0 Å². The first-order valence-electron chi connectivity index (χ1n) is 10.6. The van der Waals surface area contributed by atoms with E-state index in [1.54, 1.807) is 12.4 Å². The largest absolute Gasteiger partial charge is 0.368 e. The summed E-state index contributed by atoms with van der Waals surface area (Å²) < 4.78 is 0. The second kappa shape index (κ2) is 8.19. The van der Waals surface area contributed by atoms with Crippen molar-refractivity contribution in [3.05, 3.63) is 90.3 Å². The lowest BCUT2D eigenvalue weighted by atomic mass is 9.83. The van der Waals surface area contributed by atoms with Crippen molar-refractivity contribution in [2.24, 2.45) is 5.92 Å². The van der Waals surface area contributed by atoms with Crippen molar-refractivity contribution in [2.45, 2.75) is 19.0 Å². The Morgan fingerprint density at radius 1 is 0.967 bits per heavy atom. The van der Waals surface area contributed by atoms with Crippen molar-refractivity contribution in [3.63, 3.8) is 0 Å². The molecule has 5 nitrogen and oxygen atoms in total. The number of amides is 1. The molecule has 30 heavy (non-hydrogen) atoms. The SMILES string of the molecule is O=C(NCc1ccncc1)[C@@H]1Cc2ccccc2N2CCN(c3ccccc3)C[C@@H]12. The van der Waals surface area contributed by atoms with Crippen LogP contribution in [0.1, 0.15) is 11.1 Å². The van der Waals surface area contributed by atoms with Gasteiger partial charge >= 0.3 is 0 Å². The average molecular weight is 399 g/mol. The Balaban J connectivity index is 1.39. The predicted octanol–water partition coefficient (Wildman–Crippen LogP) is 3.27. The zero-order chi connectivity index (χ0) is 20.3. The molecule has 0 bridgehead atoms. The number of hydrogen-bond acceptors (Lipinski definition) is 4. The van der Waals surface area contributed by atoms with Crippen molar-refractivity contribution in [2.75, 3.05) is 29.4 Å². The molecule has 1 N–H and O–H groups in total. The van der Waals surface area contributed by atoms with Crippen molar-refractivity contribution in [1.29, 1.82) is 0 Å². The van der Waals surface area contributed by atoms with Crippen LogP contribution in [0, 0.1) is 5.92 Å². The Bertz CT molecular complexity index is 1010. The monoisotopic (exact) mass is 398 g/mol. The molecule has 5 rings (SSSR count). The van der Waals surface area contributed by atoms with E-state index < -0.39 is 0 Å². The van der Waals surface area contributed by atoms with Crippen molar-refractivity contribution in [3.8, 4) is 0 Å². The fourth-order valence-corrected chi connectivity index (χ4v) is 4.75. The van der Waals surface area contributed by atoms with Gasteiger partial charge in [-0.2, -0.15) is 0 Å². The molecule has 2 atom stereocenters. The number of aromatic nitrogens is 1. The number of pyridine rings is 1. The summed E-state index contributed by atoms with van der Waals surface area (Å²) in [5.41, 5.74) is 4.85. The Hall–Kier alpha value is -3.34. The zero-order valence-electron chi connectivity index (χ0n) is 16.9. The summed E-state index contributed by atoms with van der Waals surface area (Å²) in [5, 5.41) is 3.18. The van der Waals surface area contributed by atoms with Crippen LogP contribution in [0.25, 0.3) is 0 Å². The quantitative estimate of drug-likeness (QED) is 0.733. The second-order valence-electron chi connectivity index (χ2n) is 8.05. The van der Waals surface area contributed by atoms with Crippen LogP contribution in [0.4, 0.5) is 11.4 Å². The van der Waals surface area contributed by atoms with E-state index in [2.05, 4.69) is 68.6 Å². The molecule has 0 saturated carbocycles. The molecule has 0 spiro atoms. The molecule has 2 aliphatic rings. The summed E-state index contributed by atoms with van der Waals surface area (Å²) in [6, 6.07) is 23.1. The molecule has 152 valence electrons. The number of nitrogens with one attached hydrogen (secondary N) is 1. The minimum Gasteiger partial charge on any atom is -0.368 e. The highest BCUT2D eigenvalue weighted by molar-refractivity contribution is 5.82. The van der Waals surface area contributed by atoms with E-state index in [9.17, 15) is 4.79 Å². The Kier molecular flexibility index (Phi) is 5.10. The third-order valence-electron chi connectivity index (χ3n) is 6.30. The molecule has 0 aliphatic carbocycles. The molecule has 3 aromatic rings. The lowest BCUT2D eigenvalue weighted by molar-refractivity contribution is -0.126. The third kappa shape index (κ3) is 3.63. The molecular weight excluding hydrogens is 372 g/mol. The molecule has 1 amide bonds. The predicted molar refractivity (Wildman–Crippen MR) is 120 cm³/mol. The van der Waals surface area contributed by atoms with Crippen LogP contribution in [-0.2, 0) is 17.8 Å². The van der Waals surface area contributed by atoms with E-state index in [0.717, 1.165) is 31.6 Å². The number of benzene rings is 2. The van der Waals surface area contributed by atoms with Gasteiger partial charge in [0.05, 0.1) is 12.0 Å². The normalized spacial score (nSPS) is 20.3. The Morgan fingerprint density at radius 2 is 1.73 bits per heavy atom. The summed E-state index contributed by atoms with van der Waals surface area (Å²) in [7, 11) is 0. The molecule has 2 aromatic carbocycles. The van der Waals surface area contributed by atoms with E-state index in [1.165, 1.54) is 16.9 Å². The summed E-state index contributed by atoms with van der Waals surface area (Å²) in [6.07, 6.45) is 4.31. The minimum absolute atomic E-state index is 0.0757. The standard InChI is InChI=1S/C25H26N4O/c30-25(27-17-19-10-12-26-13-11-19)22-16-20-6-4-5-9-23(20)29-15-14-28(18-24(22)29)21-7-2-1-3-8-21/h1-13,22,24H,14-18H2,(H,27,30)/t22-,24+/m1/s1. The number of hydrogen-bond donors (Lipinski definition) is 1. The van der Waals surface area contributed by atoms with Gasteiger partial charge in [0.25, 0.3) is 0 Å². The fraction of sp³-hybridized carbons (Fsp3) is 0.280. The summed E-state index contributed by atoms with van der Waals surface area (Å²) in [5.74, 6) is 0.0551. The van der Waals surface area contributed by atoms with Crippen molar-refractivity contribution in [1.82, 2.24) is 10.3 Å². The van der Waals surface area contributed by atoms with Gasteiger partial charge in [-0.15, -0.1) is 0 Å². The van der Waals surface area contributed by atoms with Crippen LogP contribution in [0.3, 0.4) is 0 Å². The second-order valence-corrected chi connectivity index (χ2v) is 8.05. The fourth-order valence-electron chi connectivity index (χ4n) is 4.75. The lowest BCUT2D eigenvalue weighted by Gasteiger charge is -2.49. The maximum atomic E-state index is 13.3. The Morgan fingerprint density at radius 3 is 2.57 bits per heavy atom. The smallest absolute Gasteiger partial charge is 0.225 e. The van der Waals surface area contributed by atoms with E-state index in [0.29, 0.717) is 6.54 Å². The molecule has 0 radical (unpaired) electrons. The maximum Gasteiger partial charge on any atom is 0.225 e. The average Bonchev–Trinajstić information content (AvgIpc) is 2.83. The lowest BCUT2D eigenvalue weighted by Crippen LogP contribution is -2.61. The topological polar surface area (TPSA) is 48.5 Å². The van der Waals surface area contributed by atoms with E-state index >= 15 is 0 Å². The van der Waals surface area contributed by atoms with Gasteiger partial charge in [0.2, 0.25) is 5.91 Å². The molecule has 1 saturated heterocycles. The molecule has 0 unspecified atom stereocenters. The highest BCUT2D eigenvalue weighted by Gasteiger charge is 2.41. The number of anilines is 2. The molecule has 1 fully saturated rings. The third-order valence-corrected chi connectivity index (χ3v) is 6.30. The van der Waals surface area contributed by atoms with Gasteiger partial charge < -0.3 is 15.1 Å². The van der Waals surface area contributed by atoms with Gasteiger partial charge in [0.15, 0.2) is 0 Å². The molecule has 5 heteroatoms. The van der Waals surface area contributed by atoms with E-state index in [1.807, 2.05) is 18.2 Å². The van der Waals surface area contributed by atoms with Gasteiger partial charge in [-0.25, -0.2) is 0 Å². The number of carbonyl (C=O) groups is 1. The highest BCUT2D eigenvalue weighted by Crippen LogP contribution is 2.36. The molecule has 2 aliphatic heterocycles. The number of carbonyl (C=O) groups excluding carboxylic acids is 1. The number of rotatable bonds is 4. The van der Waals surface area contributed by atoms with Gasteiger partial charge in [-0.05, 0) is 47.9 Å². The van der Waals surface area contributed by atoms with E-state index in [4.69, 9.17) is 0 Å². The van der Waals surface area contributed by atoms with Crippen LogP contribution in [0.15, 0.2) is 79.1 Å². The van der Waals surface area contributed by atoms with E-state index in [-0.39, 0.29) is 17.9 Å². The highest BCUT2D eigenvalue weighted by atomic mass is 16.1. The van der Waals surface area contributed by atoms with Crippen LogP contribution < -0.4 is 15.1 Å². The molecular formula is C25H26N4O. The number of nitrogens with zero attached hydrogens (tertiary/aromatic N) is 3. The number of fused-ring (bicyclic) bond motifs is 3. The first kappa shape index (κ1) is 18.7. The van der Waals surface area contributed by atoms with Crippen LogP contribution in [-0.4, -0.2) is 36.6 Å². The maximum absolute atomic E-state index is 13.3. The minimum atomic E-state index is -0.0757. The summed E-state index contributed by atoms with van der Waals surface area (Å²) >= 11 is 0. The summed E-state index contributed by atoms with van der Waals surface area (Å²) in [4.78, 5) is 22.2. The van der Waals surface area contributed by atoms with Crippen molar-refractivity contribution < 1.29 is 4.79 Å². The first-order chi connectivity index (χ1) is 14.8. The van der Waals surface area contributed by atoms with Crippen molar-refractivity contribution >= 4 is 17.3 Å². The van der Waals surface area contributed by atoms with Gasteiger partial charge in [-0.1, -0.05) is 36.4 Å². The van der Waals surface area contributed by atoms with Crippen LogP contribution >= 0.6 is 0 Å². The molecule has 1 aromatic heterocycles. The first-order valence-corrected chi connectivity index (χ1v) is 10.6. The van der Waals surface area contributed by atoms with Gasteiger partial charge in [0, 0.05) is 49.9 Å². The molecule has 3 heterocycles. The number of para-hydroxylation sites is 2. The Labute approximate surface area is 177 Å². The number of piperazine rings is 1. The van der Waals surface area contributed by atoms with Gasteiger partial charge in [0.1, 0.15) is 0 Å². The zero-order valence-corrected chi connectivity index (χ0v) is 16.9. The van der Waals surface area contributed by atoms with Crippen LogP contribution in [0.5, 0.6) is 0 Å². The summed E-state index contributed by atoms with van der Waals surface area (Å²) in [6.45, 7) is 3.27. The van der Waals surface area contributed by atoms with Gasteiger partial charge in [-0.3, -0.25) is 9.78 Å².